The van der Waals surface area contributed by atoms with Crippen LogP contribution in [0.1, 0.15) is 75.8 Å². The van der Waals surface area contributed by atoms with Gasteiger partial charge >= 0.3 is 0 Å². The van der Waals surface area contributed by atoms with E-state index in [1.165, 1.54) is 24.0 Å². The zero-order valence-electron chi connectivity index (χ0n) is 43.2. The zero-order valence-corrected chi connectivity index (χ0v) is 43.2. The van der Waals surface area contributed by atoms with Crippen LogP contribution in [0.3, 0.4) is 0 Å². The molecule has 1 saturated heterocycles. The van der Waals surface area contributed by atoms with Gasteiger partial charge < -0.3 is 15.3 Å². The molecule has 0 radical (unpaired) electrons. The molecule has 5 N–H and O–H groups in total. The Bertz CT molecular complexity index is 3940. The summed E-state index contributed by atoms with van der Waals surface area (Å²) >= 11 is 0. The molecule has 1 aromatic carbocycles. The van der Waals surface area contributed by atoms with E-state index in [9.17, 15) is 0 Å². The van der Waals surface area contributed by atoms with Crippen LogP contribution in [0, 0.1) is 5.92 Å². The molecule has 0 bridgehead atoms. The lowest BCUT2D eigenvalue weighted by Gasteiger charge is -2.15. The zero-order chi connectivity index (χ0) is 52.1. The van der Waals surface area contributed by atoms with Crippen molar-refractivity contribution in [2.24, 2.45) is 5.92 Å². The van der Waals surface area contributed by atoms with Gasteiger partial charge in [0.15, 0.2) is 23.0 Å². The number of imidazole rings is 2. The van der Waals surface area contributed by atoms with Gasteiger partial charge in [0.1, 0.15) is 11.0 Å². The van der Waals surface area contributed by atoms with Crippen molar-refractivity contribution in [2.75, 3.05) is 25.0 Å². The molecule has 15 nitrogen and oxygen atoms in total. The standard InChI is InChI=1S/C31H37N7.C30H22N8/c1-6-22(19-38-14-8-9-15-38)16-23(7-2)25-12-13-26-29(33-25)30(37-36-26)31-34-27-18-32-17-24(28(27)35-31)21(5)11-10-20(3)4;1-18(19-7-3-2-4-8-19)33-22-13-21(14-31-15-22)24-11-12-25-28(34-24)29(38-37-25)30-35-26-17-32-16-23(27(26)36-30)20-9-5-6-10-20/h6-7,11-13,16-18,20H,1,8-10,14-15,19H2,2-5H3,(H,34,35)(H,36,37);2-5,7-17,33H,1,6H2,(H,35,36)(H,37,38)/b21-11+,22-16+,23-7+;. The van der Waals surface area contributed by atoms with E-state index in [0.717, 1.165) is 133 Å². The van der Waals surface area contributed by atoms with Crippen molar-refractivity contribution in [3.8, 4) is 34.3 Å². The highest BCUT2D eigenvalue weighted by Gasteiger charge is 2.20. The molecular formula is C61H59N15. The summed E-state index contributed by atoms with van der Waals surface area (Å²) in [5, 5.41) is 18.7. The van der Waals surface area contributed by atoms with Gasteiger partial charge in [-0.3, -0.25) is 30.0 Å². The minimum Gasteiger partial charge on any atom is -0.354 e. The third-order valence-corrected chi connectivity index (χ3v) is 13.7. The summed E-state index contributed by atoms with van der Waals surface area (Å²) in [6.45, 7) is 20.1. The maximum atomic E-state index is 5.04. The van der Waals surface area contributed by atoms with Crippen LogP contribution in [0.25, 0.3) is 101 Å². The predicted octanol–water partition coefficient (Wildman–Crippen LogP) is 13.3. The summed E-state index contributed by atoms with van der Waals surface area (Å²) in [5.41, 5.74) is 19.9. The Morgan fingerprint density at radius 1 is 0.763 bits per heavy atom. The van der Waals surface area contributed by atoms with Gasteiger partial charge in [-0.1, -0.05) is 93.8 Å². The van der Waals surface area contributed by atoms with Gasteiger partial charge in [0, 0.05) is 47.5 Å². The Morgan fingerprint density at radius 2 is 1.46 bits per heavy atom. The number of H-pyrrole nitrogens is 4. The molecule has 76 heavy (non-hydrogen) atoms. The lowest BCUT2D eigenvalue weighted by molar-refractivity contribution is 0.371. The number of likely N-dealkylation sites (tertiary alicyclic amines) is 1. The molecule has 0 saturated carbocycles. The Morgan fingerprint density at radius 3 is 2.17 bits per heavy atom. The fraction of sp³-hybridized carbons (Fsp3) is 0.197. The summed E-state index contributed by atoms with van der Waals surface area (Å²) in [7, 11) is 0. The Hall–Kier alpha value is -9.21. The van der Waals surface area contributed by atoms with Crippen molar-refractivity contribution in [1.82, 2.24) is 70.2 Å². The van der Waals surface area contributed by atoms with Crippen LogP contribution in [0.4, 0.5) is 5.69 Å². The Kier molecular flexibility index (Phi) is 14.0. The number of rotatable bonds is 15. The van der Waals surface area contributed by atoms with Crippen molar-refractivity contribution in [1.29, 1.82) is 0 Å². The van der Waals surface area contributed by atoms with Crippen LogP contribution in [0.15, 0.2) is 159 Å². The molecule has 10 aromatic rings. The fourth-order valence-electron chi connectivity index (χ4n) is 9.63. The molecule has 10 heterocycles. The molecule has 9 aromatic heterocycles. The third kappa shape index (κ3) is 10.3. The average Bonchev–Trinajstić information content (AvgIpc) is 4.40. The molecule has 0 unspecified atom stereocenters. The van der Waals surface area contributed by atoms with Crippen LogP contribution < -0.4 is 5.32 Å². The molecule has 12 rings (SSSR count). The number of hydrogen-bond acceptors (Lipinski definition) is 11. The highest BCUT2D eigenvalue weighted by Crippen LogP contribution is 2.34. The number of aromatic nitrogens is 13. The number of allylic oxidation sites excluding steroid dienone is 9. The van der Waals surface area contributed by atoms with Crippen molar-refractivity contribution in [3.63, 3.8) is 0 Å². The van der Waals surface area contributed by atoms with E-state index in [-0.39, 0.29) is 0 Å². The molecule has 1 aliphatic carbocycles. The summed E-state index contributed by atoms with van der Waals surface area (Å²) in [4.78, 5) is 42.4. The van der Waals surface area contributed by atoms with Gasteiger partial charge in [-0.25, -0.2) is 19.9 Å². The summed E-state index contributed by atoms with van der Waals surface area (Å²) < 4.78 is 0. The molecule has 15 heteroatoms. The number of benzene rings is 1. The molecule has 0 spiro atoms. The lowest BCUT2D eigenvalue weighted by atomic mass is 10.0. The number of pyridine rings is 5. The molecule has 1 fully saturated rings. The van der Waals surface area contributed by atoms with E-state index in [1.54, 1.807) is 18.6 Å². The molecule has 2 aliphatic rings. The molecule has 0 atom stereocenters. The minimum atomic E-state index is 0.599. The van der Waals surface area contributed by atoms with E-state index >= 15 is 0 Å². The van der Waals surface area contributed by atoms with E-state index in [0.29, 0.717) is 29.0 Å². The van der Waals surface area contributed by atoms with Gasteiger partial charge in [-0.05, 0) is 123 Å². The van der Waals surface area contributed by atoms with E-state index in [2.05, 4.69) is 126 Å². The first-order valence-electron chi connectivity index (χ1n) is 25.8. The summed E-state index contributed by atoms with van der Waals surface area (Å²) in [6.07, 6.45) is 30.3. The van der Waals surface area contributed by atoms with Gasteiger partial charge in [0.2, 0.25) is 0 Å². The number of fused-ring (bicyclic) bond motifs is 4. The van der Waals surface area contributed by atoms with E-state index < -0.39 is 0 Å². The number of anilines is 1. The second-order valence-corrected chi connectivity index (χ2v) is 19.6. The summed E-state index contributed by atoms with van der Waals surface area (Å²) in [5.74, 6) is 1.92. The number of aromatic amines is 4. The maximum absolute atomic E-state index is 5.04. The van der Waals surface area contributed by atoms with E-state index in [1.807, 2.05) is 92.3 Å². The topological polar surface area (TPSA) is 194 Å². The number of nitrogens with zero attached hydrogens (tertiary/aromatic N) is 10. The summed E-state index contributed by atoms with van der Waals surface area (Å²) in [6, 6.07) is 20.0. The normalized spacial score (nSPS) is 14.3. The third-order valence-electron chi connectivity index (χ3n) is 13.7. The SMILES string of the molecule is C=C(Nc1cncc(-c2ccc3[nH]nc(-c4nc5c(C6=CCC=C6)cncc5[nH]4)c3n2)c1)c1ccccc1.C=C/C(=C\C(=C/C)c1ccc2[nH]nc(-c3nc4c(/C(C)=C/CC(C)C)cncc4[nH]3)c2n1)CN1CCCC1. The van der Waals surface area contributed by atoms with Crippen LogP contribution in [-0.2, 0) is 0 Å². The van der Waals surface area contributed by atoms with Crippen molar-refractivity contribution < 1.29 is 0 Å². The second-order valence-electron chi connectivity index (χ2n) is 19.6. The first kappa shape index (κ1) is 49.0. The first-order chi connectivity index (χ1) is 37.2. The molecular weight excluding hydrogens is 943 g/mol. The van der Waals surface area contributed by atoms with Gasteiger partial charge in [0.05, 0.1) is 68.8 Å². The monoisotopic (exact) mass is 1000 g/mol. The van der Waals surface area contributed by atoms with Crippen LogP contribution >= 0.6 is 0 Å². The van der Waals surface area contributed by atoms with Crippen molar-refractivity contribution >= 4 is 72.2 Å². The Balaban J connectivity index is 0.000000162. The Labute approximate surface area is 440 Å². The molecule has 1 aliphatic heterocycles. The predicted molar refractivity (Wildman–Crippen MR) is 308 cm³/mol. The largest absolute Gasteiger partial charge is 0.354 e. The van der Waals surface area contributed by atoms with Gasteiger partial charge in [-0.15, -0.1) is 0 Å². The fourth-order valence-corrected chi connectivity index (χ4v) is 9.63. The second kappa shape index (κ2) is 21.7. The van der Waals surface area contributed by atoms with Crippen LogP contribution in [0.2, 0.25) is 0 Å². The van der Waals surface area contributed by atoms with Gasteiger partial charge in [0.25, 0.3) is 0 Å². The van der Waals surface area contributed by atoms with Crippen molar-refractivity contribution in [3.05, 3.63) is 181 Å². The molecule has 0 amide bonds. The number of hydrogen-bond donors (Lipinski definition) is 5. The smallest absolute Gasteiger partial charge is 0.161 e. The van der Waals surface area contributed by atoms with Crippen molar-refractivity contribution in [2.45, 2.75) is 53.4 Å². The maximum Gasteiger partial charge on any atom is 0.161 e. The molecule has 378 valence electrons. The average molecular weight is 1000 g/mol. The van der Waals surface area contributed by atoms with E-state index in [4.69, 9.17) is 19.9 Å². The van der Waals surface area contributed by atoms with Crippen LogP contribution in [0.5, 0.6) is 0 Å². The quantitative estimate of drug-likeness (QED) is 0.0613. The van der Waals surface area contributed by atoms with Crippen LogP contribution in [-0.4, -0.2) is 89.8 Å². The van der Waals surface area contributed by atoms with Gasteiger partial charge in [-0.2, -0.15) is 10.2 Å². The first-order valence-corrected chi connectivity index (χ1v) is 25.8. The highest BCUT2D eigenvalue weighted by molar-refractivity contribution is 5.97. The lowest BCUT2D eigenvalue weighted by Crippen LogP contribution is -2.21. The highest BCUT2D eigenvalue weighted by atomic mass is 15.2. The minimum absolute atomic E-state index is 0.599. The number of nitrogens with one attached hydrogen (secondary N) is 5.